The van der Waals surface area contributed by atoms with Crippen LogP contribution in [-0.2, 0) is 9.47 Å². The first-order valence-electron chi connectivity index (χ1n) is 6.68. The summed E-state index contributed by atoms with van der Waals surface area (Å²) >= 11 is 0. The Balaban J connectivity index is 1.86. The van der Waals surface area contributed by atoms with E-state index < -0.39 is 5.60 Å². The Bertz CT molecular complexity index is 300. The van der Waals surface area contributed by atoms with Gasteiger partial charge in [0.1, 0.15) is 5.60 Å². The van der Waals surface area contributed by atoms with Crippen molar-refractivity contribution >= 4 is 6.09 Å². The summed E-state index contributed by atoms with van der Waals surface area (Å²) in [5, 5.41) is 2.95. The van der Waals surface area contributed by atoms with Crippen molar-refractivity contribution in [2.75, 3.05) is 13.2 Å². The maximum Gasteiger partial charge on any atom is 0.407 e. The zero-order valence-electron chi connectivity index (χ0n) is 11.4. The maximum atomic E-state index is 11.7. The van der Waals surface area contributed by atoms with Crippen molar-refractivity contribution in [2.24, 2.45) is 17.6 Å². The molecule has 1 heterocycles. The SMILES string of the molecule is CC(C)(C)OC(=O)NC1CC2COCC(C1)C2N. The lowest BCUT2D eigenvalue weighted by Crippen LogP contribution is -2.55. The van der Waals surface area contributed by atoms with Crippen LogP contribution in [0.2, 0.25) is 0 Å². The molecule has 0 spiro atoms. The monoisotopic (exact) mass is 256 g/mol. The van der Waals surface area contributed by atoms with Gasteiger partial charge in [0.25, 0.3) is 0 Å². The number of nitrogens with two attached hydrogens (primary N) is 1. The Labute approximate surface area is 108 Å². The van der Waals surface area contributed by atoms with Crippen LogP contribution in [-0.4, -0.2) is 37.0 Å². The third-order valence-corrected chi connectivity index (χ3v) is 3.65. The minimum Gasteiger partial charge on any atom is -0.444 e. The lowest BCUT2D eigenvalue weighted by molar-refractivity contribution is -0.0355. The number of carbonyl (C=O) groups is 1. The van der Waals surface area contributed by atoms with Crippen LogP contribution in [0.15, 0.2) is 0 Å². The molecule has 2 bridgehead atoms. The van der Waals surface area contributed by atoms with E-state index in [1.165, 1.54) is 0 Å². The first-order chi connectivity index (χ1) is 8.35. The molecule has 2 atom stereocenters. The molecule has 3 N–H and O–H groups in total. The summed E-state index contributed by atoms with van der Waals surface area (Å²) in [6.45, 7) is 7.03. The highest BCUT2D eigenvalue weighted by Gasteiger charge is 2.39. The number of fused-ring (bicyclic) bond motifs is 2. The summed E-state index contributed by atoms with van der Waals surface area (Å²) in [4.78, 5) is 11.7. The highest BCUT2D eigenvalue weighted by Crippen LogP contribution is 2.32. The van der Waals surface area contributed by atoms with Crippen LogP contribution in [0.4, 0.5) is 4.79 Å². The van der Waals surface area contributed by atoms with Crippen molar-refractivity contribution in [2.45, 2.75) is 51.3 Å². The van der Waals surface area contributed by atoms with Gasteiger partial charge in [-0.25, -0.2) is 4.79 Å². The van der Waals surface area contributed by atoms with Crippen LogP contribution in [0.3, 0.4) is 0 Å². The molecule has 0 aromatic rings. The predicted octanol–water partition coefficient (Wildman–Crippen LogP) is 1.26. The largest absolute Gasteiger partial charge is 0.444 e. The summed E-state index contributed by atoms with van der Waals surface area (Å²) in [6, 6.07) is 0.383. The van der Waals surface area contributed by atoms with Gasteiger partial charge in [-0.15, -0.1) is 0 Å². The molecule has 0 aromatic heterocycles. The van der Waals surface area contributed by atoms with Crippen LogP contribution in [0, 0.1) is 11.8 Å². The second-order valence-electron chi connectivity index (χ2n) is 6.45. The molecule has 2 aliphatic rings. The fourth-order valence-corrected chi connectivity index (χ4v) is 2.85. The Morgan fingerprint density at radius 1 is 1.28 bits per heavy atom. The fourth-order valence-electron chi connectivity index (χ4n) is 2.85. The summed E-state index contributed by atoms with van der Waals surface area (Å²) < 4.78 is 10.8. The second kappa shape index (κ2) is 5.05. The van der Waals surface area contributed by atoms with Crippen molar-refractivity contribution in [3.8, 4) is 0 Å². The van der Waals surface area contributed by atoms with Crippen LogP contribution in [0.1, 0.15) is 33.6 Å². The normalized spacial score (nSPS) is 36.0. The third kappa shape index (κ3) is 3.36. The van der Waals surface area contributed by atoms with Gasteiger partial charge in [0, 0.05) is 12.1 Å². The number of ether oxygens (including phenoxy) is 2. The average Bonchev–Trinajstić information content (AvgIpc) is 2.16. The van der Waals surface area contributed by atoms with Gasteiger partial charge < -0.3 is 20.5 Å². The molecular weight excluding hydrogens is 232 g/mol. The predicted molar refractivity (Wildman–Crippen MR) is 68.2 cm³/mol. The molecule has 1 saturated carbocycles. The van der Waals surface area contributed by atoms with Gasteiger partial charge in [-0.05, 0) is 45.4 Å². The molecule has 1 aliphatic heterocycles. The summed E-state index contributed by atoms with van der Waals surface area (Å²) in [5.41, 5.74) is 5.70. The number of hydrogen-bond donors (Lipinski definition) is 2. The highest BCUT2D eigenvalue weighted by atomic mass is 16.6. The Morgan fingerprint density at radius 3 is 2.33 bits per heavy atom. The minimum atomic E-state index is -0.450. The number of hydrogen-bond acceptors (Lipinski definition) is 4. The van der Waals surface area contributed by atoms with Crippen molar-refractivity contribution in [3.05, 3.63) is 0 Å². The molecule has 18 heavy (non-hydrogen) atoms. The van der Waals surface area contributed by atoms with E-state index in [0.29, 0.717) is 25.0 Å². The van der Waals surface area contributed by atoms with E-state index >= 15 is 0 Å². The van der Waals surface area contributed by atoms with E-state index in [2.05, 4.69) is 5.32 Å². The fraction of sp³-hybridized carbons (Fsp3) is 0.923. The van der Waals surface area contributed by atoms with Gasteiger partial charge >= 0.3 is 6.09 Å². The smallest absolute Gasteiger partial charge is 0.407 e. The van der Waals surface area contributed by atoms with Gasteiger partial charge in [0.15, 0.2) is 0 Å². The standard InChI is InChI=1S/C13H24N2O3/c1-13(2,3)18-12(16)15-10-4-8-6-17-7-9(5-10)11(8)14/h8-11H,4-7,14H2,1-3H3,(H,15,16). The number of alkyl carbamates (subject to hydrolysis) is 1. The molecule has 2 rings (SSSR count). The zero-order valence-corrected chi connectivity index (χ0v) is 11.4. The number of amides is 1. The Kier molecular flexibility index (Phi) is 3.82. The van der Waals surface area contributed by atoms with Crippen LogP contribution < -0.4 is 11.1 Å². The molecule has 0 radical (unpaired) electrons. The van der Waals surface area contributed by atoms with Gasteiger partial charge in [0.05, 0.1) is 13.2 Å². The van der Waals surface area contributed by atoms with E-state index in [1.54, 1.807) is 0 Å². The molecule has 2 fully saturated rings. The number of nitrogens with one attached hydrogen (secondary N) is 1. The first-order valence-corrected chi connectivity index (χ1v) is 6.68. The minimum absolute atomic E-state index is 0.165. The highest BCUT2D eigenvalue weighted by molar-refractivity contribution is 5.68. The van der Waals surface area contributed by atoms with Gasteiger partial charge in [0.2, 0.25) is 0 Å². The van der Waals surface area contributed by atoms with Gasteiger partial charge in [-0.3, -0.25) is 0 Å². The van der Waals surface area contributed by atoms with Gasteiger partial charge in [-0.1, -0.05) is 0 Å². The molecule has 1 aliphatic carbocycles. The lowest BCUT2D eigenvalue weighted by Gasteiger charge is -2.43. The molecular formula is C13H24N2O3. The molecule has 0 aromatic carbocycles. The molecule has 104 valence electrons. The number of carbonyl (C=O) groups excluding carboxylic acids is 1. The zero-order chi connectivity index (χ0) is 13.3. The Morgan fingerprint density at radius 2 is 1.83 bits per heavy atom. The molecule has 5 heteroatoms. The van der Waals surface area contributed by atoms with Crippen LogP contribution in [0.5, 0.6) is 0 Å². The van der Waals surface area contributed by atoms with E-state index in [-0.39, 0.29) is 18.2 Å². The van der Waals surface area contributed by atoms with Crippen molar-refractivity contribution in [1.29, 1.82) is 0 Å². The average molecular weight is 256 g/mol. The van der Waals surface area contributed by atoms with E-state index in [9.17, 15) is 4.79 Å². The van der Waals surface area contributed by atoms with E-state index in [4.69, 9.17) is 15.2 Å². The maximum absolute atomic E-state index is 11.7. The van der Waals surface area contributed by atoms with Crippen molar-refractivity contribution in [3.63, 3.8) is 0 Å². The molecule has 5 nitrogen and oxygen atoms in total. The van der Waals surface area contributed by atoms with Crippen LogP contribution >= 0.6 is 0 Å². The van der Waals surface area contributed by atoms with Crippen molar-refractivity contribution in [1.82, 2.24) is 5.32 Å². The first kappa shape index (κ1) is 13.6. The van der Waals surface area contributed by atoms with Crippen molar-refractivity contribution < 1.29 is 14.3 Å². The molecule has 1 saturated heterocycles. The van der Waals surface area contributed by atoms with Gasteiger partial charge in [-0.2, -0.15) is 0 Å². The number of rotatable bonds is 1. The van der Waals surface area contributed by atoms with Crippen LogP contribution in [0.25, 0.3) is 0 Å². The Hall–Kier alpha value is -0.810. The molecule has 2 unspecified atom stereocenters. The topological polar surface area (TPSA) is 73.6 Å². The van der Waals surface area contributed by atoms with E-state index in [1.807, 2.05) is 20.8 Å². The lowest BCUT2D eigenvalue weighted by atomic mass is 9.74. The third-order valence-electron chi connectivity index (χ3n) is 3.65. The van der Waals surface area contributed by atoms with E-state index in [0.717, 1.165) is 12.8 Å². The summed E-state index contributed by atoms with van der Waals surface area (Å²) in [5.74, 6) is 0.717. The summed E-state index contributed by atoms with van der Waals surface area (Å²) in [6.07, 6.45) is 1.44. The summed E-state index contributed by atoms with van der Waals surface area (Å²) in [7, 11) is 0. The molecule has 1 amide bonds. The second-order valence-corrected chi connectivity index (χ2v) is 6.45. The quantitative estimate of drug-likeness (QED) is 0.741.